The van der Waals surface area contributed by atoms with E-state index >= 15 is 0 Å². The second-order valence-corrected chi connectivity index (χ2v) is 5.89. The molecule has 1 fully saturated rings. The fourth-order valence-electron chi connectivity index (χ4n) is 2.38. The van der Waals surface area contributed by atoms with Crippen LogP contribution in [0.4, 0.5) is 0 Å². The molecule has 1 unspecified atom stereocenters. The number of rotatable bonds is 5. The summed E-state index contributed by atoms with van der Waals surface area (Å²) in [6, 6.07) is 5.01. The van der Waals surface area contributed by atoms with E-state index in [0.29, 0.717) is 28.6 Å². The summed E-state index contributed by atoms with van der Waals surface area (Å²) in [5, 5.41) is 12.6. The fourth-order valence-corrected chi connectivity index (χ4v) is 2.91. The van der Waals surface area contributed by atoms with Crippen LogP contribution in [0, 0.1) is 0 Å². The molecule has 1 amide bonds. The highest BCUT2D eigenvalue weighted by Gasteiger charge is 2.38. The largest absolute Gasteiger partial charge is 0.481 e. The number of benzene rings is 1. The van der Waals surface area contributed by atoms with E-state index in [4.69, 9.17) is 33.0 Å². The van der Waals surface area contributed by atoms with Crippen molar-refractivity contribution in [2.24, 2.45) is 0 Å². The summed E-state index contributed by atoms with van der Waals surface area (Å²) in [7, 11) is 0. The molecule has 1 aliphatic heterocycles. The molecule has 1 heterocycles. The van der Waals surface area contributed by atoms with Gasteiger partial charge in [-0.1, -0.05) is 29.3 Å². The van der Waals surface area contributed by atoms with Crippen molar-refractivity contribution in [2.45, 2.75) is 24.8 Å². The zero-order chi connectivity index (χ0) is 15.5. The number of carbonyl (C=O) groups is 2. The Labute approximate surface area is 132 Å². The number of nitrogens with one attached hydrogen (secondary N) is 1. The summed E-state index contributed by atoms with van der Waals surface area (Å²) in [5.41, 5.74) is -0.320. The van der Waals surface area contributed by atoms with Crippen LogP contribution in [0.2, 0.25) is 10.0 Å². The van der Waals surface area contributed by atoms with Gasteiger partial charge in [-0.3, -0.25) is 9.59 Å². The molecule has 0 aliphatic carbocycles. The number of hydrogen-bond acceptors (Lipinski definition) is 3. The number of ether oxygens (including phenoxy) is 1. The normalized spacial score (nSPS) is 21.2. The molecule has 114 valence electrons. The van der Waals surface area contributed by atoms with Crippen LogP contribution in [-0.4, -0.2) is 35.7 Å². The smallest absolute Gasteiger partial charge is 0.305 e. The molecule has 0 saturated carbocycles. The third-order valence-electron chi connectivity index (χ3n) is 3.40. The number of halogens is 2. The van der Waals surface area contributed by atoms with Gasteiger partial charge in [0.1, 0.15) is 0 Å². The summed E-state index contributed by atoms with van der Waals surface area (Å²) in [5.74, 6) is -1.30. The van der Waals surface area contributed by atoms with Gasteiger partial charge in [0.15, 0.2) is 0 Å². The summed E-state index contributed by atoms with van der Waals surface area (Å²) >= 11 is 12.1. The number of aliphatic carboxylic acids is 1. The van der Waals surface area contributed by atoms with E-state index in [-0.39, 0.29) is 25.4 Å². The maximum absolute atomic E-state index is 12.2. The first-order chi connectivity index (χ1) is 9.92. The Morgan fingerprint density at radius 1 is 1.33 bits per heavy atom. The highest BCUT2D eigenvalue weighted by molar-refractivity contribution is 6.36. The van der Waals surface area contributed by atoms with Crippen LogP contribution >= 0.6 is 23.2 Å². The van der Waals surface area contributed by atoms with Gasteiger partial charge in [0.2, 0.25) is 5.91 Å². The van der Waals surface area contributed by atoms with Crippen molar-refractivity contribution < 1.29 is 19.4 Å². The monoisotopic (exact) mass is 331 g/mol. The minimum Gasteiger partial charge on any atom is -0.481 e. The predicted molar refractivity (Wildman–Crippen MR) is 78.7 cm³/mol. The van der Waals surface area contributed by atoms with Crippen molar-refractivity contribution in [3.8, 4) is 0 Å². The van der Waals surface area contributed by atoms with Crippen LogP contribution in [0.1, 0.15) is 18.4 Å². The number of hydrogen-bond donors (Lipinski definition) is 2. The van der Waals surface area contributed by atoms with E-state index in [1.807, 2.05) is 0 Å². The van der Waals surface area contributed by atoms with Gasteiger partial charge in [-0.05, 0) is 24.1 Å². The molecule has 1 saturated heterocycles. The van der Waals surface area contributed by atoms with Crippen molar-refractivity contribution in [1.82, 2.24) is 5.32 Å². The molecular weight excluding hydrogens is 317 g/mol. The molecular formula is C14H15Cl2NO4. The molecule has 1 aliphatic rings. The van der Waals surface area contributed by atoms with Crippen molar-refractivity contribution >= 4 is 35.1 Å². The maximum atomic E-state index is 12.2. The van der Waals surface area contributed by atoms with E-state index in [0.717, 1.165) is 0 Å². The predicted octanol–water partition coefficient (Wildman–Crippen LogP) is 2.29. The Hall–Kier alpha value is -1.30. The number of carboxylic acid groups (broad SMARTS) is 1. The number of carboxylic acids is 1. The second kappa shape index (κ2) is 6.64. The zero-order valence-electron chi connectivity index (χ0n) is 11.2. The molecule has 0 aromatic heterocycles. The van der Waals surface area contributed by atoms with Gasteiger partial charge < -0.3 is 15.2 Å². The first-order valence-electron chi connectivity index (χ1n) is 6.45. The second-order valence-electron chi connectivity index (χ2n) is 5.08. The Balaban J connectivity index is 2.08. The Kier molecular flexibility index (Phi) is 5.08. The SMILES string of the molecule is O=C(O)CC1(NC(=O)Cc2c(Cl)cccc2Cl)CCOC1. The van der Waals surface area contributed by atoms with Gasteiger partial charge in [-0.15, -0.1) is 0 Å². The van der Waals surface area contributed by atoms with Gasteiger partial charge in [-0.2, -0.15) is 0 Å². The van der Waals surface area contributed by atoms with E-state index in [1.165, 1.54) is 0 Å². The molecule has 1 atom stereocenters. The molecule has 21 heavy (non-hydrogen) atoms. The van der Waals surface area contributed by atoms with Crippen molar-refractivity contribution in [3.63, 3.8) is 0 Å². The van der Waals surface area contributed by atoms with Crippen molar-refractivity contribution in [1.29, 1.82) is 0 Å². The highest BCUT2D eigenvalue weighted by Crippen LogP contribution is 2.26. The highest BCUT2D eigenvalue weighted by atomic mass is 35.5. The van der Waals surface area contributed by atoms with Crippen LogP contribution < -0.4 is 5.32 Å². The van der Waals surface area contributed by atoms with Crippen LogP contribution in [-0.2, 0) is 20.7 Å². The average molecular weight is 332 g/mol. The maximum Gasteiger partial charge on any atom is 0.305 e. The molecule has 1 aromatic rings. The lowest BCUT2D eigenvalue weighted by Crippen LogP contribution is -2.51. The summed E-state index contributed by atoms with van der Waals surface area (Å²) in [6.45, 7) is 0.627. The van der Waals surface area contributed by atoms with Gasteiger partial charge >= 0.3 is 5.97 Å². The zero-order valence-corrected chi connectivity index (χ0v) is 12.7. The molecule has 1 aromatic carbocycles. The van der Waals surface area contributed by atoms with Crippen molar-refractivity contribution in [2.75, 3.05) is 13.2 Å². The standard InChI is InChI=1S/C14H15Cl2NO4/c15-10-2-1-3-11(16)9(10)6-12(18)17-14(7-13(19)20)4-5-21-8-14/h1-3H,4-8H2,(H,17,18)(H,19,20). The van der Waals surface area contributed by atoms with Crippen LogP contribution in [0.3, 0.4) is 0 Å². The Morgan fingerprint density at radius 2 is 2.00 bits per heavy atom. The minimum absolute atomic E-state index is 0.000123. The first-order valence-corrected chi connectivity index (χ1v) is 7.21. The van der Waals surface area contributed by atoms with Crippen molar-refractivity contribution in [3.05, 3.63) is 33.8 Å². The summed E-state index contributed by atoms with van der Waals surface area (Å²) in [4.78, 5) is 23.1. The molecule has 0 bridgehead atoms. The van der Waals surface area contributed by atoms with E-state index in [9.17, 15) is 9.59 Å². The van der Waals surface area contributed by atoms with Gasteiger partial charge in [-0.25, -0.2) is 0 Å². The third kappa shape index (κ3) is 4.09. The lowest BCUT2D eigenvalue weighted by Gasteiger charge is -2.27. The van der Waals surface area contributed by atoms with Crippen LogP contribution in [0.25, 0.3) is 0 Å². The number of amides is 1. The fraction of sp³-hybridized carbons (Fsp3) is 0.429. The molecule has 2 N–H and O–H groups in total. The molecule has 7 heteroatoms. The average Bonchev–Trinajstić information content (AvgIpc) is 2.81. The number of carbonyl (C=O) groups excluding carboxylic acids is 1. The Morgan fingerprint density at radius 3 is 2.52 bits per heavy atom. The lowest BCUT2D eigenvalue weighted by atomic mass is 9.94. The van der Waals surface area contributed by atoms with Gasteiger partial charge in [0, 0.05) is 16.7 Å². The molecule has 0 radical (unpaired) electrons. The van der Waals surface area contributed by atoms with E-state index in [2.05, 4.69) is 5.32 Å². The van der Waals surface area contributed by atoms with Crippen LogP contribution in [0.5, 0.6) is 0 Å². The van der Waals surface area contributed by atoms with E-state index < -0.39 is 11.5 Å². The summed E-state index contributed by atoms with van der Waals surface area (Å²) in [6.07, 6.45) is 0.302. The van der Waals surface area contributed by atoms with Crippen LogP contribution in [0.15, 0.2) is 18.2 Å². The first kappa shape index (κ1) is 16.1. The van der Waals surface area contributed by atoms with Gasteiger partial charge in [0.05, 0.1) is 25.0 Å². The van der Waals surface area contributed by atoms with E-state index in [1.54, 1.807) is 18.2 Å². The Bertz CT molecular complexity index is 536. The lowest BCUT2D eigenvalue weighted by molar-refractivity contribution is -0.139. The minimum atomic E-state index is -0.975. The topological polar surface area (TPSA) is 75.6 Å². The van der Waals surface area contributed by atoms with Gasteiger partial charge in [0.25, 0.3) is 0 Å². The molecule has 5 nitrogen and oxygen atoms in total. The third-order valence-corrected chi connectivity index (χ3v) is 4.10. The quantitative estimate of drug-likeness (QED) is 0.867. The summed E-state index contributed by atoms with van der Waals surface area (Å²) < 4.78 is 5.23. The molecule has 0 spiro atoms. The molecule has 2 rings (SSSR count).